The molecule has 1 aromatic rings. The number of rotatable bonds is 3. The van der Waals surface area contributed by atoms with Crippen LogP contribution in [-0.2, 0) is 14.6 Å². The second kappa shape index (κ2) is 5.74. The van der Waals surface area contributed by atoms with Crippen LogP contribution < -0.4 is 4.90 Å². The fraction of sp³-hybridized carbons (Fsp3) is 0.500. The lowest BCUT2D eigenvalue weighted by atomic mass is 10.1. The molecule has 2 rings (SSSR count). The maximum atomic E-state index is 12.1. The Morgan fingerprint density at radius 1 is 1.35 bits per heavy atom. The van der Waals surface area contributed by atoms with Gasteiger partial charge in [-0.25, -0.2) is 8.42 Å². The number of sulfone groups is 1. The quantitative estimate of drug-likeness (QED) is 0.802. The van der Waals surface area contributed by atoms with Crippen molar-refractivity contribution in [2.24, 2.45) is 0 Å². The number of carbonyl (C=O) groups excluding carboxylic acids is 1. The van der Waals surface area contributed by atoms with Crippen molar-refractivity contribution in [3.63, 3.8) is 0 Å². The molecule has 1 atom stereocenters. The van der Waals surface area contributed by atoms with Crippen molar-refractivity contribution in [2.45, 2.75) is 26.3 Å². The van der Waals surface area contributed by atoms with Crippen molar-refractivity contribution in [1.82, 2.24) is 0 Å². The first kappa shape index (κ1) is 15.3. The molecule has 1 aliphatic heterocycles. The lowest BCUT2D eigenvalue weighted by Gasteiger charge is -2.28. The number of amides is 1. The molecule has 20 heavy (non-hydrogen) atoms. The van der Waals surface area contributed by atoms with Crippen LogP contribution in [0.1, 0.15) is 17.5 Å². The van der Waals surface area contributed by atoms with Gasteiger partial charge < -0.3 is 4.90 Å². The van der Waals surface area contributed by atoms with Crippen LogP contribution in [0.25, 0.3) is 0 Å². The summed E-state index contributed by atoms with van der Waals surface area (Å²) in [4.78, 5) is 13.7. The van der Waals surface area contributed by atoms with Gasteiger partial charge in [0.25, 0.3) is 0 Å². The molecule has 4 nitrogen and oxygen atoms in total. The summed E-state index contributed by atoms with van der Waals surface area (Å²) in [6.07, 6.45) is 0.470. The number of hydrogen-bond acceptors (Lipinski definition) is 3. The van der Waals surface area contributed by atoms with Crippen molar-refractivity contribution in [3.8, 4) is 0 Å². The summed E-state index contributed by atoms with van der Waals surface area (Å²) in [5.74, 6) is -0.252. The molecule has 0 radical (unpaired) electrons. The molecule has 6 heteroatoms. The third-order valence-corrected chi connectivity index (χ3v) is 5.70. The molecule has 0 unspecified atom stereocenters. The molecule has 0 bridgehead atoms. The maximum Gasteiger partial charge on any atom is 0.242 e. The summed E-state index contributed by atoms with van der Waals surface area (Å²) in [5.41, 5.74) is 2.92. The molecule has 1 aliphatic rings. The summed E-state index contributed by atoms with van der Waals surface area (Å²) in [7, 11) is -3.05. The molecule has 1 amide bonds. The lowest BCUT2D eigenvalue weighted by molar-refractivity contribution is -0.116. The zero-order valence-electron chi connectivity index (χ0n) is 11.6. The second-order valence-corrected chi connectivity index (χ2v) is 7.72. The number of hydrogen-bond donors (Lipinski definition) is 0. The molecule has 0 aliphatic carbocycles. The molecule has 1 aromatic carbocycles. The Balaban J connectivity index is 2.38. The van der Waals surface area contributed by atoms with E-state index < -0.39 is 9.84 Å². The predicted octanol–water partition coefficient (Wildman–Crippen LogP) is 2.06. The van der Waals surface area contributed by atoms with Gasteiger partial charge in [0.15, 0.2) is 9.84 Å². The molecule has 110 valence electrons. The van der Waals surface area contributed by atoms with Gasteiger partial charge in [0, 0.05) is 5.69 Å². The minimum Gasteiger partial charge on any atom is -0.307 e. The fourth-order valence-electron chi connectivity index (χ4n) is 2.48. The topological polar surface area (TPSA) is 54.5 Å². The van der Waals surface area contributed by atoms with Gasteiger partial charge in [0.2, 0.25) is 5.91 Å². The van der Waals surface area contributed by atoms with E-state index in [0.717, 1.165) is 16.8 Å². The predicted molar refractivity (Wildman–Crippen MR) is 81.2 cm³/mol. The Morgan fingerprint density at radius 3 is 2.55 bits per heavy atom. The number of alkyl halides is 1. The molecular formula is C14H18ClNO3S. The van der Waals surface area contributed by atoms with Crippen molar-refractivity contribution < 1.29 is 13.2 Å². The summed E-state index contributed by atoms with van der Waals surface area (Å²) >= 11 is 5.68. The number of benzene rings is 1. The summed E-state index contributed by atoms with van der Waals surface area (Å²) < 4.78 is 23.3. The highest BCUT2D eigenvalue weighted by atomic mass is 35.5. The Morgan fingerprint density at radius 2 is 2.05 bits per heavy atom. The first-order chi connectivity index (χ1) is 9.34. The van der Waals surface area contributed by atoms with Crippen LogP contribution in [0, 0.1) is 13.8 Å². The molecular weight excluding hydrogens is 298 g/mol. The molecule has 0 saturated carbocycles. The largest absolute Gasteiger partial charge is 0.307 e. The molecule has 0 N–H and O–H groups in total. The van der Waals surface area contributed by atoms with E-state index in [-0.39, 0.29) is 29.3 Å². The number of halogens is 1. The monoisotopic (exact) mass is 315 g/mol. The summed E-state index contributed by atoms with van der Waals surface area (Å²) in [5, 5.41) is 0. The van der Waals surface area contributed by atoms with Gasteiger partial charge in [0.05, 0.1) is 17.5 Å². The highest BCUT2D eigenvalue weighted by Gasteiger charge is 2.35. The average Bonchev–Trinajstić information content (AvgIpc) is 2.74. The second-order valence-electron chi connectivity index (χ2n) is 5.22. The van der Waals surface area contributed by atoms with Gasteiger partial charge in [0.1, 0.15) is 5.88 Å². The van der Waals surface area contributed by atoms with E-state index in [4.69, 9.17) is 11.6 Å². The Hall–Kier alpha value is -1.07. The van der Waals surface area contributed by atoms with Gasteiger partial charge in [-0.05, 0) is 43.5 Å². The van der Waals surface area contributed by atoms with Gasteiger partial charge in [-0.2, -0.15) is 0 Å². The normalized spacial score (nSPS) is 20.9. The van der Waals surface area contributed by atoms with Crippen LogP contribution in [0.3, 0.4) is 0 Å². The number of anilines is 1. The Kier molecular flexibility index (Phi) is 4.39. The van der Waals surface area contributed by atoms with Crippen molar-refractivity contribution in [2.75, 3.05) is 22.3 Å². The van der Waals surface area contributed by atoms with E-state index in [9.17, 15) is 13.2 Å². The zero-order chi connectivity index (χ0) is 14.9. The van der Waals surface area contributed by atoms with Crippen LogP contribution in [0.15, 0.2) is 18.2 Å². The van der Waals surface area contributed by atoms with Crippen LogP contribution >= 0.6 is 11.6 Å². The van der Waals surface area contributed by atoms with Gasteiger partial charge in [-0.3, -0.25) is 4.79 Å². The smallest absolute Gasteiger partial charge is 0.242 e. The standard InChI is InChI=1S/C14H18ClNO3S/c1-10-3-4-12(7-11(10)2)16(14(17)8-15)13-5-6-20(18,19)9-13/h3-4,7,13H,5-6,8-9H2,1-2H3/t13-/m0/s1. The summed E-state index contributed by atoms with van der Waals surface area (Å²) in [6.45, 7) is 3.96. The van der Waals surface area contributed by atoms with Gasteiger partial charge in [-0.15, -0.1) is 11.6 Å². The molecule has 0 aromatic heterocycles. The highest BCUT2D eigenvalue weighted by molar-refractivity contribution is 7.91. The highest BCUT2D eigenvalue weighted by Crippen LogP contribution is 2.26. The number of carbonyl (C=O) groups is 1. The van der Waals surface area contributed by atoms with Crippen molar-refractivity contribution in [1.29, 1.82) is 0 Å². The third-order valence-electron chi connectivity index (χ3n) is 3.73. The van der Waals surface area contributed by atoms with E-state index in [1.54, 1.807) is 4.90 Å². The van der Waals surface area contributed by atoms with Crippen LogP contribution in [-0.4, -0.2) is 37.8 Å². The van der Waals surface area contributed by atoms with E-state index >= 15 is 0 Å². The fourth-order valence-corrected chi connectivity index (χ4v) is 4.31. The first-order valence-electron chi connectivity index (χ1n) is 6.50. The van der Waals surface area contributed by atoms with Gasteiger partial charge >= 0.3 is 0 Å². The SMILES string of the molecule is Cc1ccc(N(C(=O)CCl)[C@H]2CCS(=O)(=O)C2)cc1C. The number of aryl methyl sites for hydroxylation is 2. The lowest BCUT2D eigenvalue weighted by Crippen LogP contribution is -2.42. The molecule has 1 saturated heterocycles. The molecule has 0 spiro atoms. The Bertz CT molecular complexity index is 627. The van der Waals surface area contributed by atoms with Crippen molar-refractivity contribution >= 4 is 33.0 Å². The third kappa shape index (κ3) is 3.15. The Labute approximate surface area is 124 Å². The first-order valence-corrected chi connectivity index (χ1v) is 8.85. The zero-order valence-corrected chi connectivity index (χ0v) is 13.2. The summed E-state index contributed by atoms with van der Waals surface area (Å²) in [6, 6.07) is 5.37. The van der Waals surface area contributed by atoms with Crippen LogP contribution in [0.2, 0.25) is 0 Å². The van der Waals surface area contributed by atoms with Gasteiger partial charge in [-0.1, -0.05) is 6.07 Å². The van der Waals surface area contributed by atoms with E-state index in [2.05, 4.69) is 0 Å². The van der Waals surface area contributed by atoms with E-state index in [0.29, 0.717) is 6.42 Å². The van der Waals surface area contributed by atoms with Crippen molar-refractivity contribution in [3.05, 3.63) is 29.3 Å². The number of nitrogens with zero attached hydrogens (tertiary/aromatic N) is 1. The molecule has 1 fully saturated rings. The van der Waals surface area contributed by atoms with Crippen LogP contribution in [0.4, 0.5) is 5.69 Å². The molecule has 1 heterocycles. The van der Waals surface area contributed by atoms with E-state index in [1.165, 1.54) is 0 Å². The average molecular weight is 316 g/mol. The minimum atomic E-state index is -3.05. The van der Waals surface area contributed by atoms with Crippen LogP contribution in [0.5, 0.6) is 0 Å². The minimum absolute atomic E-state index is 0.0164. The maximum absolute atomic E-state index is 12.1. The van der Waals surface area contributed by atoms with E-state index in [1.807, 2.05) is 32.0 Å².